The first-order chi connectivity index (χ1) is 9.17. The maximum Gasteiger partial charge on any atom is 0.126 e. The van der Waals surface area contributed by atoms with Crippen LogP contribution in [0.5, 0.6) is 0 Å². The van der Waals surface area contributed by atoms with Crippen LogP contribution in [0.2, 0.25) is 0 Å². The molecule has 2 N–H and O–H groups in total. The van der Waals surface area contributed by atoms with Crippen LogP contribution in [0.3, 0.4) is 0 Å². The smallest absolute Gasteiger partial charge is 0.126 e. The summed E-state index contributed by atoms with van der Waals surface area (Å²) in [6.45, 7) is 5.13. The number of aromatic nitrogens is 2. The van der Waals surface area contributed by atoms with Gasteiger partial charge < -0.3 is 10.3 Å². The predicted octanol–water partition coefficient (Wildman–Crippen LogP) is 3.78. The normalized spacial score (nSPS) is 13.1. The van der Waals surface area contributed by atoms with Gasteiger partial charge in [0.25, 0.3) is 0 Å². The number of benzene rings is 1. The number of imidazole rings is 1. The molecule has 0 spiro atoms. The zero-order chi connectivity index (χ0) is 13.8. The summed E-state index contributed by atoms with van der Waals surface area (Å²) >= 11 is 0. The van der Waals surface area contributed by atoms with Gasteiger partial charge in [0.05, 0.1) is 17.1 Å². The molecule has 0 fully saturated rings. The van der Waals surface area contributed by atoms with Crippen LogP contribution in [0, 0.1) is 5.82 Å². The first-order valence-corrected chi connectivity index (χ1v) is 7.08. The fourth-order valence-electron chi connectivity index (χ4n) is 2.34. The molecule has 2 aromatic rings. The summed E-state index contributed by atoms with van der Waals surface area (Å²) in [4.78, 5) is 4.52. The Hall–Kier alpha value is -1.42. The van der Waals surface area contributed by atoms with E-state index in [1.165, 1.54) is 25.0 Å². The summed E-state index contributed by atoms with van der Waals surface area (Å²) in [5.74, 6) is 0.626. The first-order valence-electron chi connectivity index (χ1n) is 7.08. The first kappa shape index (κ1) is 14.0. The Labute approximate surface area is 113 Å². The van der Waals surface area contributed by atoms with Crippen LogP contribution in [-0.2, 0) is 6.54 Å². The van der Waals surface area contributed by atoms with Gasteiger partial charge in [0.1, 0.15) is 11.6 Å². The van der Waals surface area contributed by atoms with E-state index < -0.39 is 0 Å². The monoisotopic (exact) mass is 263 g/mol. The van der Waals surface area contributed by atoms with Crippen molar-refractivity contribution in [2.75, 3.05) is 0 Å². The molecule has 1 unspecified atom stereocenters. The second-order valence-electron chi connectivity index (χ2n) is 4.98. The lowest BCUT2D eigenvalue weighted by Gasteiger charge is -2.13. The average Bonchev–Trinajstić information content (AvgIpc) is 2.76. The number of unbranched alkanes of at least 4 members (excludes halogenated alkanes) is 2. The lowest BCUT2D eigenvalue weighted by molar-refractivity contribution is 0.549. The van der Waals surface area contributed by atoms with Crippen LogP contribution in [0.4, 0.5) is 4.39 Å². The number of rotatable bonds is 6. The Kier molecular flexibility index (Phi) is 4.53. The number of hydrogen-bond acceptors (Lipinski definition) is 2. The van der Waals surface area contributed by atoms with Crippen molar-refractivity contribution in [1.82, 2.24) is 9.55 Å². The quantitative estimate of drug-likeness (QED) is 0.806. The summed E-state index contributed by atoms with van der Waals surface area (Å²) < 4.78 is 15.4. The number of fused-ring (bicyclic) bond motifs is 1. The van der Waals surface area contributed by atoms with E-state index in [1.807, 2.05) is 6.92 Å². The fourth-order valence-corrected chi connectivity index (χ4v) is 2.34. The predicted molar refractivity (Wildman–Crippen MR) is 76.4 cm³/mol. The van der Waals surface area contributed by atoms with Crippen LogP contribution >= 0.6 is 0 Å². The molecule has 0 aliphatic carbocycles. The second kappa shape index (κ2) is 6.15. The molecule has 1 aromatic carbocycles. The highest BCUT2D eigenvalue weighted by Gasteiger charge is 2.15. The third-order valence-electron chi connectivity index (χ3n) is 3.50. The molecule has 0 radical (unpaired) electrons. The minimum Gasteiger partial charge on any atom is -0.327 e. The Morgan fingerprint density at radius 2 is 2.11 bits per heavy atom. The Morgan fingerprint density at radius 1 is 1.32 bits per heavy atom. The SMILES string of the molecule is CCCCCn1c(C(N)CC)nc2cc(F)ccc21. The molecular weight excluding hydrogens is 241 g/mol. The maximum atomic E-state index is 13.3. The number of halogens is 1. The van der Waals surface area contributed by atoms with Crippen molar-refractivity contribution in [3.63, 3.8) is 0 Å². The number of nitrogens with two attached hydrogens (primary N) is 1. The van der Waals surface area contributed by atoms with Gasteiger partial charge in [-0.25, -0.2) is 9.37 Å². The minimum atomic E-state index is -0.248. The summed E-state index contributed by atoms with van der Waals surface area (Å²) in [6.07, 6.45) is 4.29. The second-order valence-corrected chi connectivity index (χ2v) is 4.98. The molecule has 0 bridgehead atoms. The van der Waals surface area contributed by atoms with Gasteiger partial charge in [-0.2, -0.15) is 0 Å². The van der Waals surface area contributed by atoms with E-state index in [0.29, 0.717) is 5.52 Å². The Bertz CT molecular complexity index is 548. The van der Waals surface area contributed by atoms with E-state index in [0.717, 1.165) is 30.7 Å². The third kappa shape index (κ3) is 2.95. The van der Waals surface area contributed by atoms with Crippen molar-refractivity contribution in [3.8, 4) is 0 Å². The summed E-state index contributed by atoms with van der Waals surface area (Å²) in [5, 5.41) is 0. The largest absolute Gasteiger partial charge is 0.327 e. The molecule has 1 aromatic heterocycles. The number of nitrogens with zero attached hydrogens (tertiary/aromatic N) is 2. The molecule has 1 atom stereocenters. The van der Waals surface area contributed by atoms with Crippen molar-refractivity contribution in [3.05, 3.63) is 29.8 Å². The lowest BCUT2D eigenvalue weighted by Crippen LogP contribution is -2.16. The maximum absolute atomic E-state index is 13.3. The van der Waals surface area contributed by atoms with Gasteiger partial charge in [-0.15, -0.1) is 0 Å². The van der Waals surface area contributed by atoms with Gasteiger partial charge in [0.2, 0.25) is 0 Å². The summed E-state index contributed by atoms with van der Waals surface area (Å²) in [7, 11) is 0. The molecule has 2 rings (SSSR count). The van der Waals surface area contributed by atoms with E-state index in [-0.39, 0.29) is 11.9 Å². The van der Waals surface area contributed by atoms with Crippen LogP contribution in [0.15, 0.2) is 18.2 Å². The molecule has 0 amide bonds. The van der Waals surface area contributed by atoms with Crippen molar-refractivity contribution in [2.45, 2.75) is 52.1 Å². The van der Waals surface area contributed by atoms with Crippen molar-refractivity contribution >= 4 is 11.0 Å². The van der Waals surface area contributed by atoms with Gasteiger partial charge in [-0.3, -0.25) is 0 Å². The van der Waals surface area contributed by atoms with E-state index in [2.05, 4.69) is 16.5 Å². The molecule has 0 saturated carbocycles. The van der Waals surface area contributed by atoms with E-state index in [4.69, 9.17) is 5.73 Å². The van der Waals surface area contributed by atoms with Crippen molar-refractivity contribution in [2.24, 2.45) is 5.73 Å². The van der Waals surface area contributed by atoms with Gasteiger partial charge in [0.15, 0.2) is 0 Å². The number of hydrogen-bond donors (Lipinski definition) is 1. The molecule has 0 saturated heterocycles. The number of aryl methyl sites for hydroxylation is 1. The molecule has 0 aliphatic rings. The van der Waals surface area contributed by atoms with E-state index in [1.54, 1.807) is 6.07 Å². The van der Waals surface area contributed by atoms with Gasteiger partial charge in [0, 0.05) is 12.6 Å². The van der Waals surface area contributed by atoms with E-state index >= 15 is 0 Å². The minimum absolute atomic E-state index is 0.0860. The molecule has 0 aliphatic heterocycles. The Balaban J connectivity index is 2.42. The molecule has 3 nitrogen and oxygen atoms in total. The highest BCUT2D eigenvalue weighted by atomic mass is 19.1. The van der Waals surface area contributed by atoms with Gasteiger partial charge in [-0.1, -0.05) is 26.7 Å². The molecule has 19 heavy (non-hydrogen) atoms. The van der Waals surface area contributed by atoms with Crippen LogP contribution in [0.1, 0.15) is 51.4 Å². The van der Waals surface area contributed by atoms with Crippen molar-refractivity contribution in [1.29, 1.82) is 0 Å². The van der Waals surface area contributed by atoms with Gasteiger partial charge >= 0.3 is 0 Å². The van der Waals surface area contributed by atoms with Crippen LogP contribution in [0.25, 0.3) is 11.0 Å². The lowest BCUT2D eigenvalue weighted by atomic mass is 10.2. The summed E-state index contributed by atoms with van der Waals surface area (Å²) in [6, 6.07) is 4.69. The summed E-state index contributed by atoms with van der Waals surface area (Å²) in [5.41, 5.74) is 7.81. The Morgan fingerprint density at radius 3 is 2.79 bits per heavy atom. The molecular formula is C15H22FN3. The highest BCUT2D eigenvalue weighted by molar-refractivity contribution is 5.76. The fraction of sp³-hybridized carbons (Fsp3) is 0.533. The third-order valence-corrected chi connectivity index (χ3v) is 3.50. The zero-order valence-corrected chi connectivity index (χ0v) is 11.7. The zero-order valence-electron chi connectivity index (χ0n) is 11.7. The van der Waals surface area contributed by atoms with Crippen LogP contribution in [-0.4, -0.2) is 9.55 Å². The molecule has 1 heterocycles. The molecule has 4 heteroatoms. The van der Waals surface area contributed by atoms with E-state index in [9.17, 15) is 4.39 Å². The topological polar surface area (TPSA) is 43.8 Å². The average molecular weight is 263 g/mol. The molecule has 104 valence electrons. The van der Waals surface area contributed by atoms with Crippen molar-refractivity contribution < 1.29 is 4.39 Å². The van der Waals surface area contributed by atoms with Gasteiger partial charge in [-0.05, 0) is 25.0 Å². The standard InChI is InChI=1S/C15H22FN3/c1-3-5-6-9-19-14-8-7-11(16)10-13(14)18-15(19)12(17)4-2/h7-8,10,12H,3-6,9,17H2,1-2H3. The highest BCUT2D eigenvalue weighted by Crippen LogP contribution is 2.23. The van der Waals surface area contributed by atoms with Crippen LogP contribution < -0.4 is 5.73 Å².